The molecule has 1 aliphatic heterocycles. The fourth-order valence-corrected chi connectivity index (χ4v) is 4.60. The standard InChI is InChI=1S/C28H26FN3O3/c1-34-25-14-13-20(19-8-3-2-4-9-19)17-24(25)28(33)32-15-6-5-12-23(32)18-26-30-31-27(35-26)21-10-7-11-22(29)16-21/h2-4,7-11,13-14,16-17,23H,5-6,12,15,18H2,1H3. The summed E-state index contributed by atoms with van der Waals surface area (Å²) in [6.07, 6.45) is 3.22. The molecular weight excluding hydrogens is 445 g/mol. The van der Waals surface area contributed by atoms with E-state index in [4.69, 9.17) is 9.15 Å². The van der Waals surface area contributed by atoms with Crippen molar-refractivity contribution in [2.75, 3.05) is 13.7 Å². The maximum absolute atomic E-state index is 13.8. The third-order valence-electron chi connectivity index (χ3n) is 6.37. The molecule has 178 valence electrons. The van der Waals surface area contributed by atoms with Crippen molar-refractivity contribution >= 4 is 5.91 Å². The van der Waals surface area contributed by atoms with Gasteiger partial charge >= 0.3 is 0 Å². The van der Waals surface area contributed by atoms with Crippen LogP contribution in [0.5, 0.6) is 5.75 Å². The van der Waals surface area contributed by atoms with Crippen molar-refractivity contribution in [2.45, 2.75) is 31.7 Å². The number of carbonyl (C=O) groups is 1. The van der Waals surface area contributed by atoms with Gasteiger partial charge in [-0.25, -0.2) is 4.39 Å². The number of benzene rings is 3. The monoisotopic (exact) mass is 471 g/mol. The molecule has 0 spiro atoms. The Morgan fingerprint density at radius 2 is 1.83 bits per heavy atom. The van der Waals surface area contributed by atoms with E-state index >= 15 is 0 Å². The Kier molecular flexibility index (Phi) is 6.57. The number of halogens is 1. The first-order valence-corrected chi connectivity index (χ1v) is 11.7. The van der Waals surface area contributed by atoms with E-state index in [-0.39, 0.29) is 23.7 Å². The van der Waals surface area contributed by atoms with E-state index in [1.165, 1.54) is 12.1 Å². The second kappa shape index (κ2) is 10.1. The molecule has 4 aromatic rings. The van der Waals surface area contributed by atoms with Crippen LogP contribution in [0, 0.1) is 5.82 Å². The van der Waals surface area contributed by atoms with E-state index in [2.05, 4.69) is 10.2 Å². The van der Waals surface area contributed by atoms with Gasteiger partial charge in [0.25, 0.3) is 5.91 Å². The van der Waals surface area contributed by atoms with Gasteiger partial charge in [0.05, 0.1) is 12.7 Å². The van der Waals surface area contributed by atoms with Gasteiger partial charge < -0.3 is 14.1 Å². The Morgan fingerprint density at radius 1 is 1.00 bits per heavy atom. The molecule has 1 saturated heterocycles. The van der Waals surface area contributed by atoms with Crippen LogP contribution in [0.15, 0.2) is 77.2 Å². The highest BCUT2D eigenvalue weighted by Gasteiger charge is 2.31. The number of hydrogen-bond acceptors (Lipinski definition) is 5. The number of carbonyl (C=O) groups excluding carboxylic acids is 1. The first-order chi connectivity index (χ1) is 17.1. The van der Waals surface area contributed by atoms with Crippen molar-refractivity contribution < 1.29 is 18.3 Å². The third kappa shape index (κ3) is 4.94. The minimum Gasteiger partial charge on any atom is -0.496 e. The van der Waals surface area contributed by atoms with Crippen molar-refractivity contribution in [1.82, 2.24) is 15.1 Å². The Bertz CT molecular complexity index is 1320. The number of nitrogens with zero attached hydrogens (tertiary/aromatic N) is 3. The zero-order valence-corrected chi connectivity index (χ0v) is 19.5. The number of hydrogen-bond donors (Lipinski definition) is 0. The van der Waals surface area contributed by atoms with Gasteiger partial charge in [-0.05, 0) is 60.7 Å². The normalized spacial score (nSPS) is 15.7. The molecule has 0 saturated carbocycles. The largest absolute Gasteiger partial charge is 0.496 e. The highest BCUT2D eigenvalue weighted by Crippen LogP contribution is 2.30. The lowest BCUT2D eigenvalue weighted by atomic mass is 9.96. The summed E-state index contributed by atoms with van der Waals surface area (Å²) in [4.78, 5) is 15.7. The summed E-state index contributed by atoms with van der Waals surface area (Å²) >= 11 is 0. The van der Waals surface area contributed by atoms with Crippen LogP contribution in [0.2, 0.25) is 0 Å². The Morgan fingerprint density at radius 3 is 2.63 bits per heavy atom. The summed E-state index contributed by atoms with van der Waals surface area (Å²) in [5.74, 6) is 0.807. The molecule has 35 heavy (non-hydrogen) atoms. The molecule has 3 aromatic carbocycles. The molecule has 0 N–H and O–H groups in total. The van der Waals surface area contributed by atoms with E-state index < -0.39 is 0 Å². The summed E-state index contributed by atoms with van der Waals surface area (Å²) in [7, 11) is 1.58. The smallest absolute Gasteiger partial charge is 0.257 e. The molecule has 5 rings (SSSR count). The summed E-state index contributed by atoms with van der Waals surface area (Å²) in [6, 6.07) is 21.6. The number of likely N-dealkylation sites (tertiary alicyclic amines) is 1. The molecule has 1 unspecified atom stereocenters. The average Bonchev–Trinajstić information content (AvgIpc) is 3.37. The highest BCUT2D eigenvalue weighted by atomic mass is 19.1. The van der Waals surface area contributed by atoms with E-state index in [1.54, 1.807) is 19.2 Å². The summed E-state index contributed by atoms with van der Waals surface area (Å²) in [5.41, 5.74) is 3.06. The second-order valence-electron chi connectivity index (χ2n) is 8.64. The number of amides is 1. The predicted octanol–water partition coefficient (Wildman–Crippen LogP) is 5.79. The highest BCUT2D eigenvalue weighted by molar-refractivity contribution is 5.98. The molecule has 1 atom stereocenters. The van der Waals surface area contributed by atoms with Crippen LogP contribution in [-0.4, -0.2) is 40.7 Å². The van der Waals surface area contributed by atoms with Crippen LogP contribution in [0.25, 0.3) is 22.6 Å². The lowest BCUT2D eigenvalue weighted by molar-refractivity contribution is 0.0602. The van der Waals surface area contributed by atoms with Crippen LogP contribution in [-0.2, 0) is 6.42 Å². The van der Waals surface area contributed by atoms with Gasteiger partial charge in [-0.1, -0.05) is 42.5 Å². The quantitative estimate of drug-likeness (QED) is 0.356. The van der Waals surface area contributed by atoms with E-state index in [1.807, 2.05) is 53.4 Å². The lowest BCUT2D eigenvalue weighted by Crippen LogP contribution is -2.45. The van der Waals surface area contributed by atoms with Crippen LogP contribution in [0.1, 0.15) is 35.5 Å². The van der Waals surface area contributed by atoms with Crippen molar-refractivity contribution in [2.24, 2.45) is 0 Å². The van der Waals surface area contributed by atoms with Crippen LogP contribution in [0.3, 0.4) is 0 Å². The van der Waals surface area contributed by atoms with Gasteiger partial charge in [-0.15, -0.1) is 10.2 Å². The number of methoxy groups -OCH3 is 1. The van der Waals surface area contributed by atoms with Crippen molar-refractivity contribution in [3.8, 4) is 28.3 Å². The van der Waals surface area contributed by atoms with Crippen LogP contribution >= 0.6 is 0 Å². The van der Waals surface area contributed by atoms with Crippen molar-refractivity contribution in [3.63, 3.8) is 0 Å². The molecule has 6 nitrogen and oxygen atoms in total. The lowest BCUT2D eigenvalue weighted by Gasteiger charge is -2.35. The molecule has 1 aliphatic rings. The molecule has 0 radical (unpaired) electrons. The fourth-order valence-electron chi connectivity index (χ4n) is 4.60. The van der Waals surface area contributed by atoms with Gasteiger partial charge in [-0.2, -0.15) is 0 Å². The molecule has 7 heteroatoms. The van der Waals surface area contributed by atoms with Gasteiger partial charge in [0.1, 0.15) is 11.6 Å². The molecule has 0 bridgehead atoms. The molecule has 1 fully saturated rings. The van der Waals surface area contributed by atoms with Crippen LogP contribution < -0.4 is 4.74 Å². The van der Waals surface area contributed by atoms with Crippen LogP contribution in [0.4, 0.5) is 4.39 Å². The van der Waals surface area contributed by atoms with Gasteiger partial charge in [0.2, 0.25) is 11.8 Å². The minimum absolute atomic E-state index is 0.0748. The Balaban J connectivity index is 1.40. The van der Waals surface area contributed by atoms with Crippen molar-refractivity contribution in [3.05, 3.63) is 90.1 Å². The van der Waals surface area contributed by atoms with E-state index in [9.17, 15) is 9.18 Å². The maximum atomic E-state index is 13.8. The molecule has 1 aromatic heterocycles. The predicted molar refractivity (Wildman–Crippen MR) is 131 cm³/mol. The molecule has 0 aliphatic carbocycles. The molecule has 2 heterocycles. The number of ether oxygens (including phenoxy) is 1. The maximum Gasteiger partial charge on any atom is 0.257 e. The first kappa shape index (κ1) is 22.8. The third-order valence-corrected chi connectivity index (χ3v) is 6.37. The second-order valence-corrected chi connectivity index (χ2v) is 8.64. The van der Waals surface area contributed by atoms with Gasteiger partial charge in [0.15, 0.2) is 0 Å². The zero-order chi connectivity index (χ0) is 24.2. The molecular formula is C28H26FN3O3. The number of piperidine rings is 1. The first-order valence-electron chi connectivity index (χ1n) is 11.7. The van der Waals surface area contributed by atoms with Gasteiger partial charge in [0, 0.05) is 24.6 Å². The number of rotatable bonds is 6. The van der Waals surface area contributed by atoms with E-state index in [0.29, 0.717) is 35.7 Å². The average molecular weight is 472 g/mol. The summed E-state index contributed by atoms with van der Waals surface area (Å²) in [6.45, 7) is 0.646. The fraction of sp³-hybridized carbons (Fsp3) is 0.250. The molecule has 1 amide bonds. The Hall–Kier alpha value is -4.00. The minimum atomic E-state index is -0.363. The number of aromatic nitrogens is 2. The summed E-state index contributed by atoms with van der Waals surface area (Å²) in [5, 5.41) is 8.26. The zero-order valence-electron chi connectivity index (χ0n) is 19.5. The Labute approximate surface area is 203 Å². The van der Waals surface area contributed by atoms with Gasteiger partial charge in [-0.3, -0.25) is 4.79 Å². The SMILES string of the molecule is COc1ccc(-c2ccccc2)cc1C(=O)N1CCCCC1Cc1nnc(-c2cccc(F)c2)o1. The topological polar surface area (TPSA) is 68.5 Å². The van der Waals surface area contributed by atoms with E-state index in [0.717, 1.165) is 30.4 Å². The summed E-state index contributed by atoms with van der Waals surface area (Å²) < 4.78 is 25.0. The van der Waals surface area contributed by atoms with Crippen molar-refractivity contribution in [1.29, 1.82) is 0 Å².